The number of carbonyl (C=O) groups is 1. The van der Waals surface area contributed by atoms with E-state index in [1.807, 2.05) is 16.8 Å². The van der Waals surface area contributed by atoms with Crippen LogP contribution in [0, 0.1) is 0 Å². The van der Waals surface area contributed by atoms with Gasteiger partial charge in [0.1, 0.15) is 6.10 Å². The summed E-state index contributed by atoms with van der Waals surface area (Å²) in [7, 11) is 0. The Kier molecular flexibility index (Phi) is 4.24. The summed E-state index contributed by atoms with van der Waals surface area (Å²) in [6.45, 7) is 1.05. The van der Waals surface area contributed by atoms with Crippen molar-refractivity contribution in [1.29, 1.82) is 0 Å². The molecule has 1 spiro atoms. The number of rotatable bonds is 3. The fourth-order valence-electron chi connectivity index (χ4n) is 2.79. The van der Waals surface area contributed by atoms with Crippen molar-refractivity contribution >= 4 is 23.1 Å². The van der Waals surface area contributed by atoms with E-state index in [-0.39, 0.29) is 17.9 Å². The first-order valence-corrected chi connectivity index (χ1v) is 8.09. The molecule has 6 heteroatoms. The SMILES string of the molecule is O=C(NCC1COC2(CCCCC2)O1)Nc1ccsc1. The molecule has 2 heterocycles. The van der Waals surface area contributed by atoms with Crippen LogP contribution in [0.4, 0.5) is 10.5 Å². The van der Waals surface area contributed by atoms with Gasteiger partial charge in [0.05, 0.1) is 12.3 Å². The molecule has 0 aromatic carbocycles. The van der Waals surface area contributed by atoms with Crippen LogP contribution in [0.2, 0.25) is 0 Å². The van der Waals surface area contributed by atoms with Crippen LogP contribution < -0.4 is 10.6 Å². The number of anilines is 1. The highest BCUT2D eigenvalue weighted by Gasteiger charge is 2.42. The Hall–Kier alpha value is -1.11. The Labute approximate surface area is 122 Å². The summed E-state index contributed by atoms with van der Waals surface area (Å²) in [5.74, 6) is -0.367. The number of hydrogen-bond acceptors (Lipinski definition) is 4. The molecule has 2 aliphatic rings. The second-order valence-corrected chi connectivity index (χ2v) is 6.15. The lowest BCUT2D eigenvalue weighted by Gasteiger charge is -2.31. The van der Waals surface area contributed by atoms with Crippen molar-refractivity contribution < 1.29 is 14.3 Å². The molecule has 1 aliphatic heterocycles. The van der Waals surface area contributed by atoms with Crippen molar-refractivity contribution in [3.63, 3.8) is 0 Å². The predicted octanol–water partition coefficient (Wildman–Crippen LogP) is 2.95. The molecule has 1 aliphatic carbocycles. The molecule has 3 rings (SSSR count). The lowest BCUT2D eigenvalue weighted by Crippen LogP contribution is -2.38. The highest BCUT2D eigenvalue weighted by molar-refractivity contribution is 7.08. The maximum Gasteiger partial charge on any atom is 0.319 e. The fraction of sp³-hybridized carbons (Fsp3) is 0.643. The zero-order valence-corrected chi connectivity index (χ0v) is 12.2. The molecule has 2 fully saturated rings. The Morgan fingerprint density at radius 2 is 2.25 bits per heavy atom. The third-order valence-corrected chi connectivity index (χ3v) is 4.48. The smallest absolute Gasteiger partial charge is 0.319 e. The summed E-state index contributed by atoms with van der Waals surface area (Å²) >= 11 is 1.55. The number of nitrogens with one attached hydrogen (secondary N) is 2. The number of thiophene rings is 1. The number of amides is 2. The molecule has 1 aromatic heterocycles. The summed E-state index contributed by atoms with van der Waals surface area (Å²) in [6, 6.07) is 1.67. The second kappa shape index (κ2) is 6.11. The molecule has 0 radical (unpaired) electrons. The molecule has 110 valence electrons. The number of ether oxygens (including phenoxy) is 2. The van der Waals surface area contributed by atoms with Gasteiger partial charge in [-0.3, -0.25) is 0 Å². The number of hydrogen-bond donors (Lipinski definition) is 2. The Morgan fingerprint density at radius 1 is 1.40 bits per heavy atom. The van der Waals surface area contributed by atoms with E-state index >= 15 is 0 Å². The van der Waals surface area contributed by atoms with Gasteiger partial charge >= 0.3 is 6.03 Å². The second-order valence-electron chi connectivity index (χ2n) is 5.37. The topological polar surface area (TPSA) is 59.6 Å². The van der Waals surface area contributed by atoms with Gasteiger partial charge in [-0.05, 0) is 24.3 Å². The molecule has 5 nitrogen and oxygen atoms in total. The van der Waals surface area contributed by atoms with Crippen molar-refractivity contribution in [2.24, 2.45) is 0 Å². The first-order chi connectivity index (χ1) is 9.76. The van der Waals surface area contributed by atoms with E-state index in [4.69, 9.17) is 9.47 Å². The monoisotopic (exact) mass is 296 g/mol. The lowest BCUT2D eigenvalue weighted by molar-refractivity contribution is -0.186. The fourth-order valence-corrected chi connectivity index (χ4v) is 3.38. The molecule has 1 saturated heterocycles. The number of urea groups is 1. The van der Waals surface area contributed by atoms with Gasteiger partial charge in [0.25, 0.3) is 0 Å². The minimum Gasteiger partial charge on any atom is -0.347 e. The molecule has 0 bridgehead atoms. The third kappa shape index (κ3) is 3.31. The van der Waals surface area contributed by atoms with Gasteiger partial charge in [-0.25, -0.2) is 4.79 Å². The normalized spacial score (nSPS) is 24.7. The third-order valence-electron chi connectivity index (χ3n) is 3.80. The van der Waals surface area contributed by atoms with Crippen molar-refractivity contribution in [3.05, 3.63) is 16.8 Å². The van der Waals surface area contributed by atoms with Crippen LogP contribution in [-0.4, -0.2) is 31.1 Å². The van der Waals surface area contributed by atoms with Gasteiger partial charge < -0.3 is 20.1 Å². The van der Waals surface area contributed by atoms with Crippen molar-refractivity contribution in [1.82, 2.24) is 5.32 Å². The number of carbonyl (C=O) groups excluding carboxylic acids is 1. The molecule has 2 amide bonds. The van der Waals surface area contributed by atoms with Gasteiger partial charge in [0.2, 0.25) is 0 Å². The van der Waals surface area contributed by atoms with Crippen LogP contribution in [0.3, 0.4) is 0 Å². The summed E-state index contributed by atoms with van der Waals surface area (Å²) in [6.07, 6.45) is 5.51. The van der Waals surface area contributed by atoms with Crippen LogP contribution in [0.15, 0.2) is 16.8 Å². The largest absolute Gasteiger partial charge is 0.347 e. The van der Waals surface area contributed by atoms with Crippen molar-refractivity contribution in [2.75, 3.05) is 18.5 Å². The first kappa shape index (κ1) is 13.9. The molecular weight excluding hydrogens is 276 g/mol. The average Bonchev–Trinajstić information content (AvgIpc) is 3.08. The molecule has 1 saturated carbocycles. The highest BCUT2D eigenvalue weighted by Crippen LogP contribution is 2.37. The minimum absolute atomic E-state index is 0.0404. The zero-order chi connectivity index (χ0) is 13.8. The lowest BCUT2D eigenvalue weighted by atomic mass is 9.94. The molecule has 1 unspecified atom stereocenters. The van der Waals surface area contributed by atoms with E-state index in [2.05, 4.69) is 10.6 Å². The van der Waals surface area contributed by atoms with Crippen LogP contribution in [0.5, 0.6) is 0 Å². The standard InChI is InChI=1S/C14H20N2O3S/c17-13(16-11-4-7-20-10-11)15-8-12-9-18-14(19-12)5-2-1-3-6-14/h4,7,10,12H,1-3,5-6,8-9H2,(H2,15,16,17). The van der Waals surface area contributed by atoms with Crippen LogP contribution in [0.25, 0.3) is 0 Å². The summed E-state index contributed by atoms with van der Waals surface area (Å²) in [4.78, 5) is 11.7. The van der Waals surface area contributed by atoms with E-state index in [1.165, 1.54) is 19.3 Å². The summed E-state index contributed by atoms with van der Waals surface area (Å²) in [5, 5.41) is 9.44. The minimum atomic E-state index is -0.367. The molecular formula is C14H20N2O3S. The van der Waals surface area contributed by atoms with Crippen LogP contribution in [-0.2, 0) is 9.47 Å². The molecule has 1 atom stereocenters. The van der Waals surface area contributed by atoms with E-state index < -0.39 is 0 Å². The molecule has 2 N–H and O–H groups in total. The van der Waals surface area contributed by atoms with Gasteiger partial charge in [0, 0.05) is 24.8 Å². The van der Waals surface area contributed by atoms with E-state index in [1.54, 1.807) is 11.3 Å². The van der Waals surface area contributed by atoms with Crippen molar-refractivity contribution in [2.45, 2.75) is 44.0 Å². The Morgan fingerprint density at radius 3 is 3.00 bits per heavy atom. The zero-order valence-electron chi connectivity index (χ0n) is 11.4. The predicted molar refractivity (Wildman–Crippen MR) is 78.0 cm³/mol. The van der Waals surface area contributed by atoms with Gasteiger partial charge in [-0.1, -0.05) is 6.42 Å². The Bertz CT molecular complexity index is 443. The Balaban J connectivity index is 1.42. The first-order valence-electron chi connectivity index (χ1n) is 7.15. The van der Waals surface area contributed by atoms with Crippen LogP contribution >= 0.6 is 11.3 Å². The van der Waals surface area contributed by atoms with Crippen molar-refractivity contribution in [3.8, 4) is 0 Å². The quantitative estimate of drug-likeness (QED) is 0.901. The summed E-state index contributed by atoms with van der Waals surface area (Å²) < 4.78 is 11.9. The summed E-state index contributed by atoms with van der Waals surface area (Å²) in [5.41, 5.74) is 0.819. The van der Waals surface area contributed by atoms with Gasteiger partial charge in [-0.2, -0.15) is 11.3 Å². The van der Waals surface area contributed by atoms with Gasteiger partial charge in [-0.15, -0.1) is 0 Å². The average molecular weight is 296 g/mol. The van der Waals surface area contributed by atoms with Crippen LogP contribution in [0.1, 0.15) is 32.1 Å². The molecule has 1 aromatic rings. The highest BCUT2D eigenvalue weighted by atomic mass is 32.1. The van der Waals surface area contributed by atoms with E-state index in [0.29, 0.717) is 13.2 Å². The van der Waals surface area contributed by atoms with E-state index in [9.17, 15) is 4.79 Å². The van der Waals surface area contributed by atoms with E-state index in [0.717, 1.165) is 18.5 Å². The maximum absolute atomic E-state index is 11.7. The maximum atomic E-state index is 11.7. The van der Waals surface area contributed by atoms with Gasteiger partial charge in [0.15, 0.2) is 5.79 Å². The molecule has 20 heavy (non-hydrogen) atoms.